The van der Waals surface area contributed by atoms with E-state index in [1.54, 1.807) is 6.26 Å². The summed E-state index contributed by atoms with van der Waals surface area (Å²) < 4.78 is 10.6. The molecule has 1 aromatic heterocycles. The Morgan fingerprint density at radius 3 is 3.00 bits per heavy atom. The van der Waals surface area contributed by atoms with Crippen molar-refractivity contribution in [3.8, 4) is 11.8 Å². The molecule has 2 aromatic rings. The smallest absolute Gasteiger partial charge is 0.174 e. The topological polar surface area (TPSA) is 58.2 Å². The standard InChI is InChI=1S/C15H16N2O2/c1-12(15-6-3-8-19-15)17-11-13-4-2-5-14(10-13)18-9-7-16/h2-6,8,10,12,17H,9,11H2,1H3/t12-/m1/s1. The highest BCUT2D eigenvalue weighted by atomic mass is 16.5. The van der Waals surface area contributed by atoms with Crippen molar-refractivity contribution in [2.75, 3.05) is 6.61 Å². The van der Waals surface area contributed by atoms with Crippen LogP contribution in [0.2, 0.25) is 0 Å². The number of hydrogen-bond acceptors (Lipinski definition) is 4. The Balaban J connectivity index is 1.90. The summed E-state index contributed by atoms with van der Waals surface area (Å²) in [6, 6.07) is 13.6. The van der Waals surface area contributed by atoms with Crippen LogP contribution in [0, 0.1) is 11.3 Å². The highest BCUT2D eigenvalue weighted by Crippen LogP contribution is 2.16. The SMILES string of the molecule is C[C@@H](NCc1cccc(OCC#N)c1)c1ccco1. The van der Waals surface area contributed by atoms with E-state index in [0.29, 0.717) is 12.3 Å². The van der Waals surface area contributed by atoms with Gasteiger partial charge in [0.25, 0.3) is 0 Å². The van der Waals surface area contributed by atoms with Crippen LogP contribution in [0.4, 0.5) is 0 Å². The number of nitrogens with zero attached hydrogens (tertiary/aromatic N) is 1. The van der Waals surface area contributed by atoms with Gasteiger partial charge >= 0.3 is 0 Å². The van der Waals surface area contributed by atoms with Crippen molar-refractivity contribution >= 4 is 0 Å². The Hall–Kier alpha value is -2.25. The van der Waals surface area contributed by atoms with Gasteiger partial charge in [-0.15, -0.1) is 0 Å². The Morgan fingerprint density at radius 2 is 2.26 bits per heavy atom. The molecular weight excluding hydrogens is 240 g/mol. The van der Waals surface area contributed by atoms with Crippen molar-refractivity contribution < 1.29 is 9.15 Å². The van der Waals surface area contributed by atoms with Crippen LogP contribution in [0.3, 0.4) is 0 Å². The van der Waals surface area contributed by atoms with E-state index >= 15 is 0 Å². The first kappa shape index (κ1) is 13.2. The summed E-state index contributed by atoms with van der Waals surface area (Å²) in [6.07, 6.45) is 1.67. The molecule has 1 atom stereocenters. The molecule has 0 saturated heterocycles. The molecule has 0 amide bonds. The van der Waals surface area contributed by atoms with Gasteiger partial charge in [-0.3, -0.25) is 0 Å². The van der Waals surface area contributed by atoms with Gasteiger partial charge < -0.3 is 14.5 Å². The molecule has 0 bridgehead atoms. The molecule has 0 fully saturated rings. The van der Waals surface area contributed by atoms with Crippen molar-refractivity contribution in [3.05, 3.63) is 54.0 Å². The number of hydrogen-bond donors (Lipinski definition) is 1. The lowest BCUT2D eigenvalue weighted by Crippen LogP contribution is -2.17. The molecule has 0 saturated carbocycles. The van der Waals surface area contributed by atoms with Gasteiger partial charge in [-0.05, 0) is 36.8 Å². The fourth-order valence-corrected chi connectivity index (χ4v) is 1.77. The Bertz CT molecular complexity index is 544. The number of furan rings is 1. The van der Waals surface area contributed by atoms with Gasteiger partial charge in [-0.1, -0.05) is 12.1 Å². The van der Waals surface area contributed by atoms with Gasteiger partial charge in [0.1, 0.15) is 17.6 Å². The first-order chi connectivity index (χ1) is 9.29. The van der Waals surface area contributed by atoms with Crippen LogP contribution in [0.5, 0.6) is 5.75 Å². The Labute approximate surface area is 112 Å². The second-order valence-electron chi connectivity index (χ2n) is 4.21. The molecule has 2 rings (SSSR count). The number of benzene rings is 1. The van der Waals surface area contributed by atoms with Crippen LogP contribution >= 0.6 is 0 Å². The molecule has 4 nitrogen and oxygen atoms in total. The fraction of sp³-hybridized carbons (Fsp3) is 0.267. The zero-order chi connectivity index (χ0) is 13.5. The summed E-state index contributed by atoms with van der Waals surface area (Å²) in [5.41, 5.74) is 1.11. The maximum absolute atomic E-state index is 8.48. The molecular formula is C15H16N2O2. The fourth-order valence-electron chi connectivity index (χ4n) is 1.77. The van der Waals surface area contributed by atoms with E-state index in [-0.39, 0.29) is 12.6 Å². The zero-order valence-electron chi connectivity index (χ0n) is 10.8. The molecule has 0 spiro atoms. The predicted octanol–water partition coefficient (Wildman–Crippen LogP) is 3.03. The lowest BCUT2D eigenvalue weighted by atomic mass is 10.2. The average molecular weight is 256 g/mol. The average Bonchev–Trinajstić information content (AvgIpc) is 2.97. The van der Waals surface area contributed by atoms with Gasteiger partial charge in [0.05, 0.1) is 12.3 Å². The summed E-state index contributed by atoms with van der Waals surface area (Å²) in [5, 5.41) is 11.9. The van der Waals surface area contributed by atoms with E-state index in [2.05, 4.69) is 12.2 Å². The van der Waals surface area contributed by atoms with Crippen molar-refractivity contribution in [3.63, 3.8) is 0 Å². The third-order valence-electron chi connectivity index (χ3n) is 2.78. The molecule has 1 N–H and O–H groups in total. The first-order valence-electron chi connectivity index (χ1n) is 6.15. The molecule has 19 heavy (non-hydrogen) atoms. The predicted molar refractivity (Wildman–Crippen MR) is 71.5 cm³/mol. The van der Waals surface area contributed by atoms with Gasteiger partial charge in [0.2, 0.25) is 0 Å². The second kappa shape index (κ2) is 6.62. The summed E-state index contributed by atoms with van der Waals surface area (Å²) in [7, 11) is 0. The van der Waals surface area contributed by atoms with Gasteiger partial charge in [0.15, 0.2) is 6.61 Å². The van der Waals surface area contributed by atoms with Crippen LogP contribution in [0.15, 0.2) is 47.1 Å². The van der Waals surface area contributed by atoms with E-state index in [1.165, 1.54) is 0 Å². The van der Waals surface area contributed by atoms with Gasteiger partial charge in [-0.25, -0.2) is 0 Å². The highest BCUT2D eigenvalue weighted by Gasteiger charge is 2.07. The molecule has 1 heterocycles. The Kier molecular flexibility index (Phi) is 4.60. The van der Waals surface area contributed by atoms with E-state index in [4.69, 9.17) is 14.4 Å². The molecule has 0 unspecified atom stereocenters. The van der Waals surface area contributed by atoms with E-state index < -0.39 is 0 Å². The van der Waals surface area contributed by atoms with Crippen LogP contribution in [0.1, 0.15) is 24.3 Å². The lowest BCUT2D eigenvalue weighted by Gasteiger charge is -2.12. The third kappa shape index (κ3) is 3.87. The molecule has 0 aliphatic rings. The number of rotatable bonds is 6. The summed E-state index contributed by atoms with van der Waals surface area (Å²) in [4.78, 5) is 0. The van der Waals surface area contributed by atoms with Gasteiger partial charge in [0, 0.05) is 6.54 Å². The maximum atomic E-state index is 8.48. The number of ether oxygens (including phenoxy) is 1. The minimum absolute atomic E-state index is 0.0691. The lowest BCUT2D eigenvalue weighted by molar-refractivity contribution is 0.367. The maximum Gasteiger partial charge on any atom is 0.174 e. The van der Waals surface area contributed by atoms with Crippen molar-refractivity contribution in [1.29, 1.82) is 5.26 Å². The zero-order valence-corrected chi connectivity index (χ0v) is 10.8. The highest BCUT2D eigenvalue weighted by molar-refractivity contribution is 5.28. The van der Waals surface area contributed by atoms with E-state index in [9.17, 15) is 0 Å². The van der Waals surface area contributed by atoms with Crippen LogP contribution in [0.25, 0.3) is 0 Å². The summed E-state index contributed by atoms with van der Waals surface area (Å²) in [5.74, 6) is 1.63. The largest absolute Gasteiger partial charge is 0.479 e. The minimum Gasteiger partial charge on any atom is -0.479 e. The second-order valence-corrected chi connectivity index (χ2v) is 4.21. The van der Waals surface area contributed by atoms with E-state index in [0.717, 1.165) is 11.3 Å². The molecule has 4 heteroatoms. The summed E-state index contributed by atoms with van der Waals surface area (Å²) in [6.45, 7) is 2.83. The third-order valence-corrected chi connectivity index (χ3v) is 2.78. The number of nitriles is 1. The molecule has 0 aliphatic heterocycles. The normalized spacial score (nSPS) is 11.8. The summed E-state index contributed by atoms with van der Waals surface area (Å²) >= 11 is 0. The quantitative estimate of drug-likeness (QED) is 0.863. The molecule has 98 valence electrons. The monoisotopic (exact) mass is 256 g/mol. The van der Waals surface area contributed by atoms with E-state index in [1.807, 2.05) is 42.5 Å². The van der Waals surface area contributed by atoms with Crippen LogP contribution in [-0.4, -0.2) is 6.61 Å². The van der Waals surface area contributed by atoms with Crippen LogP contribution < -0.4 is 10.1 Å². The van der Waals surface area contributed by atoms with Gasteiger partial charge in [-0.2, -0.15) is 5.26 Å². The Morgan fingerprint density at radius 1 is 1.37 bits per heavy atom. The molecule has 0 aliphatic carbocycles. The van der Waals surface area contributed by atoms with Crippen molar-refractivity contribution in [1.82, 2.24) is 5.32 Å². The molecule has 1 aromatic carbocycles. The molecule has 0 radical (unpaired) electrons. The minimum atomic E-state index is 0.0691. The van der Waals surface area contributed by atoms with Crippen LogP contribution in [-0.2, 0) is 6.54 Å². The first-order valence-corrected chi connectivity index (χ1v) is 6.15. The van der Waals surface area contributed by atoms with Crippen molar-refractivity contribution in [2.45, 2.75) is 19.5 Å². The number of nitrogens with one attached hydrogen (secondary N) is 1. The van der Waals surface area contributed by atoms with Crippen molar-refractivity contribution in [2.24, 2.45) is 0 Å².